The first kappa shape index (κ1) is 15.9. The first-order valence-corrected chi connectivity index (χ1v) is 6.92. The van der Waals surface area contributed by atoms with Crippen LogP contribution in [0.25, 0.3) is 0 Å². The Morgan fingerprint density at radius 2 is 1.75 bits per heavy atom. The Morgan fingerprint density at radius 1 is 1.12 bits per heavy atom. The van der Waals surface area contributed by atoms with E-state index in [0.717, 1.165) is 6.54 Å². The molecule has 2 N–H and O–H groups in total. The van der Waals surface area contributed by atoms with Gasteiger partial charge in [-0.15, -0.1) is 0 Å². The van der Waals surface area contributed by atoms with E-state index in [2.05, 4.69) is 39.6 Å². The summed E-state index contributed by atoms with van der Waals surface area (Å²) < 4.78 is 0. The van der Waals surface area contributed by atoms with E-state index in [1.54, 1.807) is 0 Å². The Hall–Kier alpha value is -0.0800. The van der Waals surface area contributed by atoms with E-state index in [-0.39, 0.29) is 5.54 Å². The Kier molecular flexibility index (Phi) is 8.04. The van der Waals surface area contributed by atoms with Crippen molar-refractivity contribution in [1.29, 1.82) is 0 Å². The van der Waals surface area contributed by atoms with Crippen molar-refractivity contribution in [3.63, 3.8) is 0 Å². The van der Waals surface area contributed by atoms with Gasteiger partial charge < -0.3 is 5.73 Å². The molecule has 0 amide bonds. The highest BCUT2D eigenvalue weighted by atomic mass is 15.2. The summed E-state index contributed by atoms with van der Waals surface area (Å²) in [5, 5.41) is 0. The minimum atomic E-state index is 0.273. The molecular weight excluding hydrogens is 196 g/mol. The number of likely N-dealkylation sites (N-methyl/N-ethyl adjacent to an activating group) is 1. The minimum Gasteiger partial charge on any atom is -0.329 e. The predicted molar refractivity (Wildman–Crippen MR) is 73.7 cm³/mol. The molecule has 16 heavy (non-hydrogen) atoms. The number of unbranched alkanes of at least 4 members (excludes halogenated alkanes) is 3. The molecule has 0 radical (unpaired) electrons. The molecule has 0 saturated carbocycles. The highest BCUT2D eigenvalue weighted by Crippen LogP contribution is 2.21. The van der Waals surface area contributed by atoms with Crippen LogP contribution in [0.4, 0.5) is 0 Å². The van der Waals surface area contributed by atoms with Crippen molar-refractivity contribution >= 4 is 0 Å². The lowest BCUT2D eigenvalue weighted by Crippen LogP contribution is -2.49. The molecular formula is C14H32N2. The normalized spacial score (nSPS) is 14.4. The summed E-state index contributed by atoms with van der Waals surface area (Å²) >= 11 is 0. The van der Waals surface area contributed by atoms with E-state index in [1.165, 1.54) is 38.5 Å². The van der Waals surface area contributed by atoms with Gasteiger partial charge in [0.15, 0.2) is 0 Å². The number of hydrogen-bond acceptors (Lipinski definition) is 2. The maximum Gasteiger partial charge on any atom is 0.0220 e. The third kappa shape index (κ3) is 5.31. The second-order valence-electron chi connectivity index (χ2n) is 5.52. The van der Waals surface area contributed by atoms with Gasteiger partial charge in [0.05, 0.1) is 0 Å². The number of rotatable bonds is 9. The molecule has 0 aromatic carbocycles. The third-order valence-corrected chi connectivity index (χ3v) is 4.03. The van der Waals surface area contributed by atoms with E-state index in [4.69, 9.17) is 5.73 Å². The van der Waals surface area contributed by atoms with Crippen LogP contribution >= 0.6 is 0 Å². The fourth-order valence-electron chi connectivity index (χ4n) is 2.02. The molecule has 0 saturated heterocycles. The molecule has 0 aliphatic rings. The third-order valence-electron chi connectivity index (χ3n) is 4.03. The van der Waals surface area contributed by atoms with Crippen molar-refractivity contribution < 1.29 is 0 Å². The molecule has 2 heteroatoms. The van der Waals surface area contributed by atoms with Gasteiger partial charge in [-0.25, -0.2) is 0 Å². The van der Waals surface area contributed by atoms with Gasteiger partial charge in [-0.1, -0.05) is 39.5 Å². The van der Waals surface area contributed by atoms with E-state index < -0.39 is 0 Å². The van der Waals surface area contributed by atoms with Crippen LogP contribution in [0.3, 0.4) is 0 Å². The second-order valence-corrected chi connectivity index (χ2v) is 5.52. The molecule has 0 aliphatic heterocycles. The fourth-order valence-corrected chi connectivity index (χ4v) is 2.02. The molecule has 0 aliphatic carbocycles. The van der Waals surface area contributed by atoms with Crippen molar-refractivity contribution in [2.24, 2.45) is 5.73 Å². The lowest BCUT2D eigenvalue weighted by molar-refractivity contribution is 0.0940. The molecule has 0 fully saturated rings. The molecule has 1 unspecified atom stereocenters. The molecule has 2 nitrogen and oxygen atoms in total. The van der Waals surface area contributed by atoms with E-state index >= 15 is 0 Å². The molecule has 0 bridgehead atoms. The van der Waals surface area contributed by atoms with Crippen molar-refractivity contribution in [2.75, 3.05) is 13.6 Å². The van der Waals surface area contributed by atoms with Crippen molar-refractivity contribution in [1.82, 2.24) is 4.90 Å². The maximum absolute atomic E-state index is 5.90. The molecule has 0 aromatic rings. The van der Waals surface area contributed by atoms with E-state index in [9.17, 15) is 0 Å². The van der Waals surface area contributed by atoms with Crippen LogP contribution < -0.4 is 5.73 Å². The van der Waals surface area contributed by atoms with E-state index in [0.29, 0.717) is 6.04 Å². The zero-order valence-corrected chi connectivity index (χ0v) is 12.1. The first-order valence-electron chi connectivity index (χ1n) is 6.92. The molecule has 0 spiro atoms. The molecule has 0 heterocycles. The van der Waals surface area contributed by atoms with Crippen LogP contribution in [0.15, 0.2) is 0 Å². The first-order chi connectivity index (χ1) is 7.49. The van der Waals surface area contributed by atoms with Gasteiger partial charge in [0.1, 0.15) is 0 Å². The lowest BCUT2D eigenvalue weighted by Gasteiger charge is -2.40. The number of hydrogen-bond donors (Lipinski definition) is 1. The summed E-state index contributed by atoms with van der Waals surface area (Å²) in [5.74, 6) is 0. The highest BCUT2D eigenvalue weighted by Gasteiger charge is 2.26. The van der Waals surface area contributed by atoms with Crippen molar-refractivity contribution in [2.45, 2.75) is 77.8 Å². The van der Waals surface area contributed by atoms with Gasteiger partial charge in [0.2, 0.25) is 0 Å². The Labute approximate surface area is 103 Å². The summed E-state index contributed by atoms with van der Waals surface area (Å²) in [6.45, 7) is 9.91. The number of nitrogens with zero attached hydrogens (tertiary/aromatic N) is 1. The van der Waals surface area contributed by atoms with Gasteiger partial charge in [-0.2, -0.15) is 0 Å². The standard InChI is InChI=1S/C14H32N2/c1-6-8-9-10-11-13(12-15)16(5)14(3,4)7-2/h13H,6-12,15H2,1-5H3. The summed E-state index contributed by atoms with van der Waals surface area (Å²) in [6, 6.07) is 0.548. The largest absolute Gasteiger partial charge is 0.329 e. The summed E-state index contributed by atoms with van der Waals surface area (Å²) in [6.07, 6.45) is 7.76. The van der Waals surface area contributed by atoms with Crippen LogP contribution in [-0.2, 0) is 0 Å². The van der Waals surface area contributed by atoms with Gasteiger partial charge in [-0.05, 0) is 33.7 Å². The van der Waals surface area contributed by atoms with Crippen LogP contribution in [-0.4, -0.2) is 30.1 Å². The van der Waals surface area contributed by atoms with E-state index in [1.807, 2.05) is 0 Å². The summed E-state index contributed by atoms with van der Waals surface area (Å²) in [5.41, 5.74) is 6.17. The quantitative estimate of drug-likeness (QED) is 0.613. The monoisotopic (exact) mass is 228 g/mol. The predicted octanol–water partition coefficient (Wildman–Crippen LogP) is 3.40. The lowest BCUT2D eigenvalue weighted by atomic mass is 9.95. The maximum atomic E-state index is 5.90. The van der Waals surface area contributed by atoms with Crippen LogP contribution in [0.1, 0.15) is 66.2 Å². The molecule has 1 atom stereocenters. The van der Waals surface area contributed by atoms with Gasteiger partial charge >= 0.3 is 0 Å². The Balaban J connectivity index is 4.06. The molecule has 0 rings (SSSR count). The second kappa shape index (κ2) is 8.08. The SMILES string of the molecule is CCCCCCC(CN)N(C)C(C)(C)CC. The van der Waals surface area contributed by atoms with Crippen molar-refractivity contribution in [3.05, 3.63) is 0 Å². The Morgan fingerprint density at radius 3 is 2.19 bits per heavy atom. The van der Waals surface area contributed by atoms with Gasteiger partial charge in [-0.3, -0.25) is 4.90 Å². The fraction of sp³-hybridized carbons (Fsp3) is 1.00. The average molecular weight is 228 g/mol. The number of nitrogens with two attached hydrogens (primary N) is 1. The highest BCUT2D eigenvalue weighted by molar-refractivity contribution is 4.83. The Bertz CT molecular complexity index is 166. The van der Waals surface area contributed by atoms with Gasteiger partial charge in [0.25, 0.3) is 0 Å². The smallest absolute Gasteiger partial charge is 0.0220 e. The topological polar surface area (TPSA) is 29.3 Å². The molecule has 98 valence electrons. The summed E-state index contributed by atoms with van der Waals surface area (Å²) in [7, 11) is 2.22. The van der Waals surface area contributed by atoms with Crippen LogP contribution in [0.2, 0.25) is 0 Å². The van der Waals surface area contributed by atoms with Crippen molar-refractivity contribution in [3.8, 4) is 0 Å². The molecule has 0 aromatic heterocycles. The average Bonchev–Trinajstić information content (AvgIpc) is 2.28. The van der Waals surface area contributed by atoms with Gasteiger partial charge in [0, 0.05) is 18.1 Å². The zero-order valence-electron chi connectivity index (χ0n) is 12.1. The van der Waals surface area contributed by atoms with Crippen LogP contribution in [0.5, 0.6) is 0 Å². The zero-order chi connectivity index (χ0) is 12.6. The minimum absolute atomic E-state index is 0.273. The van der Waals surface area contributed by atoms with Crippen LogP contribution in [0, 0.1) is 0 Å². The summed E-state index contributed by atoms with van der Waals surface area (Å²) in [4.78, 5) is 2.47.